The number of amides is 2. The fraction of sp³-hybridized carbons (Fsp3) is 0.389. The first-order valence-corrected chi connectivity index (χ1v) is 8.47. The molecular weight excluding hydrogens is 361 g/mol. The number of aromatic nitrogens is 2. The van der Waals surface area contributed by atoms with Gasteiger partial charge in [0.25, 0.3) is 0 Å². The van der Waals surface area contributed by atoms with Crippen LogP contribution in [0.3, 0.4) is 0 Å². The van der Waals surface area contributed by atoms with E-state index in [0.29, 0.717) is 17.1 Å². The fourth-order valence-electron chi connectivity index (χ4n) is 2.72. The molecule has 2 amide bonds. The average Bonchev–Trinajstić information content (AvgIpc) is 3.37. The van der Waals surface area contributed by atoms with Gasteiger partial charge in [0, 0.05) is 11.6 Å². The Bertz CT molecular complexity index is 885. The third kappa shape index (κ3) is 4.47. The van der Waals surface area contributed by atoms with E-state index >= 15 is 0 Å². The summed E-state index contributed by atoms with van der Waals surface area (Å²) in [7, 11) is 0. The number of hydrogen-bond acceptors (Lipinski definition) is 3. The van der Waals surface area contributed by atoms with Gasteiger partial charge in [-0.3, -0.25) is 9.59 Å². The summed E-state index contributed by atoms with van der Waals surface area (Å²) in [6.45, 7) is 3.22. The number of hydrogen-bond donors (Lipinski definition) is 2. The zero-order chi connectivity index (χ0) is 19.8. The van der Waals surface area contributed by atoms with Gasteiger partial charge in [-0.05, 0) is 51.0 Å². The van der Waals surface area contributed by atoms with Gasteiger partial charge in [0.05, 0.1) is 29.2 Å². The third-order valence-electron chi connectivity index (χ3n) is 4.21. The molecule has 3 rings (SSSR count). The molecule has 1 fully saturated rings. The second-order valence-corrected chi connectivity index (χ2v) is 6.61. The summed E-state index contributed by atoms with van der Waals surface area (Å²) < 4.78 is 40.7. The first-order valence-electron chi connectivity index (χ1n) is 8.47. The molecule has 1 saturated carbocycles. The Kier molecular flexibility index (Phi) is 4.95. The SMILES string of the molecule is Cc1cc(C)n(-c2ccc(C(F)(F)F)cc2NC(=O)CNC(=O)C2CC2)n1. The van der Waals surface area contributed by atoms with Gasteiger partial charge in [-0.25, -0.2) is 4.68 Å². The Morgan fingerprint density at radius 3 is 2.48 bits per heavy atom. The highest BCUT2D eigenvalue weighted by molar-refractivity contribution is 5.96. The molecule has 9 heteroatoms. The van der Waals surface area contributed by atoms with Crippen molar-refractivity contribution in [1.29, 1.82) is 0 Å². The molecule has 1 aromatic carbocycles. The van der Waals surface area contributed by atoms with Crippen molar-refractivity contribution in [1.82, 2.24) is 15.1 Å². The molecule has 2 aromatic rings. The lowest BCUT2D eigenvalue weighted by Crippen LogP contribution is -2.34. The van der Waals surface area contributed by atoms with Crippen LogP contribution >= 0.6 is 0 Å². The Morgan fingerprint density at radius 2 is 1.93 bits per heavy atom. The minimum absolute atomic E-state index is 0.0262. The van der Waals surface area contributed by atoms with Gasteiger partial charge in [0.1, 0.15) is 0 Å². The fourth-order valence-corrected chi connectivity index (χ4v) is 2.72. The van der Waals surface area contributed by atoms with E-state index in [1.54, 1.807) is 19.9 Å². The number of nitrogens with one attached hydrogen (secondary N) is 2. The molecule has 0 bridgehead atoms. The van der Waals surface area contributed by atoms with Crippen molar-refractivity contribution < 1.29 is 22.8 Å². The third-order valence-corrected chi connectivity index (χ3v) is 4.21. The first kappa shape index (κ1) is 18.9. The van der Waals surface area contributed by atoms with Crippen LogP contribution in [0, 0.1) is 19.8 Å². The number of anilines is 1. The minimum Gasteiger partial charge on any atom is -0.347 e. The summed E-state index contributed by atoms with van der Waals surface area (Å²) in [5.41, 5.74) is 0.813. The molecule has 1 aliphatic carbocycles. The summed E-state index contributed by atoms with van der Waals surface area (Å²) in [5.74, 6) is -0.879. The van der Waals surface area contributed by atoms with Crippen LogP contribution in [0.25, 0.3) is 5.69 Å². The number of benzene rings is 1. The lowest BCUT2D eigenvalue weighted by molar-refractivity contribution is -0.137. The van der Waals surface area contributed by atoms with Gasteiger partial charge in [-0.15, -0.1) is 0 Å². The van der Waals surface area contributed by atoms with Crippen molar-refractivity contribution in [2.24, 2.45) is 5.92 Å². The van der Waals surface area contributed by atoms with Gasteiger partial charge in [0.15, 0.2) is 0 Å². The van der Waals surface area contributed by atoms with Gasteiger partial charge in [-0.2, -0.15) is 18.3 Å². The number of aryl methyl sites for hydroxylation is 2. The predicted molar refractivity (Wildman–Crippen MR) is 92.4 cm³/mol. The van der Waals surface area contributed by atoms with Crippen LogP contribution in [0.15, 0.2) is 24.3 Å². The highest BCUT2D eigenvalue weighted by Gasteiger charge is 2.32. The van der Waals surface area contributed by atoms with Crippen LogP contribution < -0.4 is 10.6 Å². The topological polar surface area (TPSA) is 76.0 Å². The lowest BCUT2D eigenvalue weighted by atomic mass is 10.1. The van der Waals surface area contributed by atoms with E-state index in [2.05, 4.69) is 15.7 Å². The summed E-state index contributed by atoms with van der Waals surface area (Å²) in [6.07, 6.45) is -2.96. The Hall–Kier alpha value is -2.84. The average molecular weight is 380 g/mol. The molecular formula is C18H19F3N4O2. The van der Waals surface area contributed by atoms with E-state index in [4.69, 9.17) is 0 Å². The minimum atomic E-state index is -4.55. The summed E-state index contributed by atoms with van der Waals surface area (Å²) >= 11 is 0. The molecule has 2 N–H and O–H groups in total. The largest absolute Gasteiger partial charge is 0.416 e. The number of carbonyl (C=O) groups excluding carboxylic acids is 2. The monoisotopic (exact) mass is 380 g/mol. The van der Waals surface area contributed by atoms with Crippen molar-refractivity contribution in [2.75, 3.05) is 11.9 Å². The van der Waals surface area contributed by atoms with Crippen LogP contribution in [0.2, 0.25) is 0 Å². The second kappa shape index (κ2) is 7.05. The van der Waals surface area contributed by atoms with Crippen LogP contribution in [0.4, 0.5) is 18.9 Å². The Balaban J connectivity index is 1.86. The maximum atomic E-state index is 13.1. The van der Waals surface area contributed by atoms with E-state index in [0.717, 1.165) is 25.0 Å². The molecule has 0 spiro atoms. The van der Waals surface area contributed by atoms with Crippen LogP contribution in [0.1, 0.15) is 29.8 Å². The molecule has 1 aliphatic rings. The number of nitrogens with zero attached hydrogens (tertiary/aromatic N) is 2. The summed E-state index contributed by atoms with van der Waals surface area (Å²) in [5, 5.41) is 9.21. The van der Waals surface area contributed by atoms with E-state index in [1.165, 1.54) is 10.7 Å². The number of halogens is 3. The number of carbonyl (C=O) groups is 2. The Morgan fingerprint density at radius 1 is 1.22 bits per heavy atom. The van der Waals surface area contributed by atoms with E-state index in [9.17, 15) is 22.8 Å². The zero-order valence-corrected chi connectivity index (χ0v) is 14.9. The van der Waals surface area contributed by atoms with Crippen molar-refractivity contribution in [3.63, 3.8) is 0 Å². The molecule has 0 atom stereocenters. The van der Waals surface area contributed by atoms with Crippen molar-refractivity contribution in [3.8, 4) is 5.69 Å². The smallest absolute Gasteiger partial charge is 0.347 e. The normalized spacial score (nSPS) is 14.1. The van der Waals surface area contributed by atoms with Crippen LogP contribution in [-0.4, -0.2) is 28.1 Å². The van der Waals surface area contributed by atoms with Gasteiger partial charge in [0.2, 0.25) is 11.8 Å². The van der Waals surface area contributed by atoms with Gasteiger partial charge >= 0.3 is 6.18 Å². The lowest BCUT2D eigenvalue weighted by Gasteiger charge is -2.16. The van der Waals surface area contributed by atoms with Crippen LogP contribution in [0.5, 0.6) is 0 Å². The molecule has 0 saturated heterocycles. The van der Waals surface area contributed by atoms with Gasteiger partial charge < -0.3 is 10.6 Å². The zero-order valence-electron chi connectivity index (χ0n) is 14.9. The number of rotatable bonds is 5. The van der Waals surface area contributed by atoms with E-state index in [1.807, 2.05) is 0 Å². The molecule has 1 heterocycles. The summed E-state index contributed by atoms with van der Waals surface area (Å²) in [4.78, 5) is 23.8. The molecule has 0 unspecified atom stereocenters. The first-order chi connectivity index (χ1) is 12.6. The second-order valence-electron chi connectivity index (χ2n) is 6.61. The predicted octanol–water partition coefficient (Wildman–Crippen LogP) is 2.97. The van der Waals surface area contributed by atoms with Crippen molar-refractivity contribution in [2.45, 2.75) is 32.9 Å². The number of alkyl halides is 3. The molecule has 144 valence electrons. The molecule has 27 heavy (non-hydrogen) atoms. The maximum Gasteiger partial charge on any atom is 0.416 e. The molecule has 0 aliphatic heterocycles. The van der Waals surface area contributed by atoms with Crippen LogP contribution in [-0.2, 0) is 15.8 Å². The van der Waals surface area contributed by atoms with E-state index in [-0.39, 0.29) is 24.1 Å². The quantitative estimate of drug-likeness (QED) is 0.837. The molecule has 1 aromatic heterocycles. The molecule has 6 nitrogen and oxygen atoms in total. The Labute approximate surface area is 153 Å². The molecule has 0 radical (unpaired) electrons. The van der Waals surface area contributed by atoms with Crippen molar-refractivity contribution in [3.05, 3.63) is 41.2 Å². The maximum absolute atomic E-state index is 13.1. The van der Waals surface area contributed by atoms with Gasteiger partial charge in [-0.1, -0.05) is 0 Å². The highest BCUT2D eigenvalue weighted by Crippen LogP contribution is 2.33. The van der Waals surface area contributed by atoms with E-state index < -0.39 is 17.6 Å². The standard InChI is InChI=1S/C18H19F3N4O2/c1-10-7-11(2)25(24-10)15-6-5-13(18(19,20)21)8-14(15)23-16(26)9-22-17(27)12-3-4-12/h5-8,12H,3-4,9H2,1-2H3,(H,22,27)(H,23,26). The summed E-state index contributed by atoms with van der Waals surface area (Å²) in [6, 6.07) is 4.85. The van der Waals surface area contributed by atoms with Crippen molar-refractivity contribution >= 4 is 17.5 Å². The highest BCUT2D eigenvalue weighted by atomic mass is 19.4.